The Balaban J connectivity index is 2.27. The molecule has 2 rings (SSSR count). The molecule has 0 aliphatic carbocycles. The minimum absolute atomic E-state index is 0.195. The van der Waals surface area contributed by atoms with Gasteiger partial charge in [0, 0.05) is 29.9 Å². The molecule has 0 aliphatic heterocycles. The third-order valence-corrected chi connectivity index (χ3v) is 2.80. The van der Waals surface area contributed by atoms with E-state index in [9.17, 15) is 4.39 Å². The molecule has 0 radical (unpaired) electrons. The lowest BCUT2D eigenvalue weighted by Crippen LogP contribution is -2.10. The highest BCUT2D eigenvalue weighted by atomic mass is 19.1. The van der Waals surface area contributed by atoms with Crippen molar-refractivity contribution in [2.24, 2.45) is 5.73 Å². The molecule has 0 saturated carbocycles. The number of nitrogens with one attached hydrogen (secondary N) is 1. The molecule has 0 amide bonds. The van der Waals surface area contributed by atoms with E-state index in [1.54, 1.807) is 18.3 Å². The predicted octanol–water partition coefficient (Wildman–Crippen LogP) is 3.17. The van der Waals surface area contributed by atoms with Gasteiger partial charge in [-0.05, 0) is 43.7 Å². The van der Waals surface area contributed by atoms with E-state index < -0.39 is 0 Å². The monoisotopic (exact) mass is 259 g/mol. The first-order valence-electron chi connectivity index (χ1n) is 6.31. The molecule has 3 N–H and O–H groups in total. The van der Waals surface area contributed by atoms with E-state index in [0.717, 1.165) is 16.9 Å². The second kappa shape index (κ2) is 5.80. The number of hydrogen-bond acceptors (Lipinski definition) is 3. The van der Waals surface area contributed by atoms with Crippen LogP contribution in [0.2, 0.25) is 0 Å². The van der Waals surface area contributed by atoms with Crippen LogP contribution in [0.3, 0.4) is 0 Å². The quantitative estimate of drug-likeness (QED) is 0.886. The lowest BCUT2D eigenvalue weighted by molar-refractivity contribution is 0.611. The maximum atomic E-state index is 13.4. The standard InChI is InChI=1S/C15H18FN3/c1-10(2)19-15-6-4-12(9-18-15)11-3-5-14(16)13(7-11)8-17/h3-7,9-10H,8,17H2,1-2H3,(H,18,19). The van der Waals surface area contributed by atoms with Gasteiger partial charge < -0.3 is 11.1 Å². The molecule has 0 fully saturated rings. The van der Waals surface area contributed by atoms with Gasteiger partial charge in [0.25, 0.3) is 0 Å². The number of nitrogens with zero attached hydrogens (tertiary/aromatic N) is 1. The van der Waals surface area contributed by atoms with Crippen LogP contribution < -0.4 is 11.1 Å². The average Bonchev–Trinajstić information content (AvgIpc) is 2.40. The SMILES string of the molecule is CC(C)Nc1ccc(-c2ccc(F)c(CN)c2)cn1. The number of rotatable bonds is 4. The molecule has 0 unspecified atom stereocenters. The fourth-order valence-electron chi connectivity index (χ4n) is 1.86. The Kier molecular flexibility index (Phi) is 4.12. The number of anilines is 1. The van der Waals surface area contributed by atoms with Gasteiger partial charge in [-0.2, -0.15) is 0 Å². The van der Waals surface area contributed by atoms with Gasteiger partial charge in [-0.15, -0.1) is 0 Å². The van der Waals surface area contributed by atoms with Crippen LogP contribution >= 0.6 is 0 Å². The van der Waals surface area contributed by atoms with E-state index in [1.165, 1.54) is 6.07 Å². The van der Waals surface area contributed by atoms with Gasteiger partial charge in [-0.25, -0.2) is 9.37 Å². The summed E-state index contributed by atoms with van der Waals surface area (Å²) in [6, 6.07) is 9.17. The molecule has 0 spiro atoms. The number of pyridine rings is 1. The van der Waals surface area contributed by atoms with Crippen molar-refractivity contribution in [1.82, 2.24) is 4.98 Å². The summed E-state index contributed by atoms with van der Waals surface area (Å²) in [6.45, 7) is 4.31. The molecule has 19 heavy (non-hydrogen) atoms. The maximum Gasteiger partial charge on any atom is 0.127 e. The van der Waals surface area contributed by atoms with Gasteiger partial charge in [-0.1, -0.05) is 6.07 Å². The molecule has 2 aromatic rings. The first-order chi connectivity index (χ1) is 9.10. The largest absolute Gasteiger partial charge is 0.368 e. The first-order valence-corrected chi connectivity index (χ1v) is 6.31. The average molecular weight is 259 g/mol. The van der Waals surface area contributed by atoms with E-state index in [-0.39, 0.29) is 12.4 Å². The number of halogens is 1. The van der Waals surface area contributed by atoms with Crippen LogP contribution in [0.25, 0.3) is 11.1 Å². The first kappa shape index (κ1) is 13.5. The molecule has 0 atom stereocenters. The fraction of sp³-hybridized carbons (Fsp3) is 0.267. The van der Waals surface area contributed by atoms with Crippen LogP contribution in [-0.4, -0.2) is 11.0 Å². The minimum atomic E-state index is -0.266. The van der Waals surface area contributed by atoms with Crippen molar-refractivity contribution in [3.63, 3.8) is 0 Å². The summed E-state index contributed by atoms with van der Waals surface area (Å²) >= 11 is 0. The summed E-state index contributed by atoms with van der Waals surface area (Å²) in [6.07, 6.45) is 1.78. The fourth-order valence-corrected chi connectivity index (χ4v) is 1.86. The Hall–Kier alpha value is -1.94. The second-order valence-corrected chi connectivity index (χ2v) is 4.74. The number of nitrogens with two attached hydrogens (primary N) is 1. The van der Waals surface area contributed by atoms with Gasteiger partial charge in [0.2, 0.25) is 0 Å². The van der Waals surface area contributed by atoms with Gasteiger partial charge in [-0.3, -0.25) is 0 Å². The van der Waals surface area contributed by atoms with E-state index in [1.807, 2.05) is 12.1 Å². The molecule has 0 bridgehead atoms. The summed E-state index contributed by atoms with van der Waals surface area (Å²) in [7, 11) is 0. The van der Waals surface area contributed by atoms with Crippen molar-refractivity contribution in [1.29, 1.82) is 0 Å². The van der Waals surface area contributed by atoms with Crippen LogP contribution in [0.1, 0.15) is 19.4 Å². The van der Waals surface area contributed by atoms with Crippen molar-refractivity contribution in [3.05, 3.63) is 47.9 Å². The van der Waals surface area contributed by atoms with Crippen LogP contribution in [0.4, 0.5) is 10.2 Å². The van der Waals surface area contributed by atoms with E-state index in [0.29, 0.717) is 11.6 Å². The zero-order valence-corrected chi connectivity index (χ0v) is 11.2. The molecular weight excluding hydrogens is 241 g/mol. The van der Waals surface area contributed by atoms with Crippen LogP contribution in [0, 0.1) is 5.82 Å². The molecule has 1 aromatic carbocycles. The van der Waals surface area contributed by atoms with Crippen molar-refractivity contribution in [2.45, 2.75) is 26.4 Å². The van der Waals surface area contributed by atoms with Crippen LogP contribution in [0.5, 0.6) is 0 Å². The van der Waals surface area contributed by atoms with E-state index >= 15 is 0 Å². The zero-order chi connectivity index (χ0) is 13.8. The third kappa shape index (κ3) is 3.29. The molecule has 4 heteroatoms. The topological polar surface area (TPSA) is 50.9 Å². The van der Waals surface area contributed by atoms with Gasteiger partial charge >= 0.3 is 0 Å². The Labute approximate surface area is 112 Å². The lowest BCUT2D eigenvalue weighted by Gasteiger charge is -2.10. The smallest absolute Gasteiger partial charge is 0.127 e. The number of aromatic nitrogens is 1. The third-order valence-electron chi connectivity index (χ3n) is 2.80. The maximum absolute atomic E-state index is 13.4. The van der Waals surface area contributed by atoms with Crippen molar-refractivity contribution >= 4 is 5.82 Å². The Bertz CT molecular complexity index is 550. The zero-order valence-electron chi connectivity index (χ0n) is 11.2. The van der Waals surface area contributed by atoms with Crippen molar-refractivity contribution in [3.8, 4) is 11.1 Å². The molecule has 0 saturated heterocycles. The number of benzene rings is 1. The molecule has 1 aromatic heterocycles. The van der Waals surface area contributed by atoms with E-state index in [4.69, 9.17) is 5.73 Å². The van der Waals surface area contributed by atoms with Crippen LogP contribution in [-0.2, 0) is 6.54 Å². The summed E-state index contributed by atoms with van der Waals surface area (Å²) in [4.78, 5) is 4.34. The Morgan fingerprint density at radius 1 is 1.21 bits per heavy atom. The summed E-state index contributed by atoms with van der Waals surface area (Å²) in [5, 5.41) is 3.22. The lowest BCUT2D eigenvalue weighted by atomic mass is 10.0. The van der Waals surface area contributed by atoms with Crippen LogP contribution in [0.15, 0.2) is 36.5 Å². The molecule has 3 nitrogen and oxygen atoms in total. The normalized spacial score (nSPS) is 10.8. The van der Waals surface area contributed by atoms with Crippen molar-refractivity contribution < 1.29 is 4.39 Å². The summed E-state index contributed by atoms with van der Waals surface area (Å²) in [5.74, 6) is 0.567. The minimum Gasteiger partial charge on any atom is -0.368 e. The highest BCUT2D eigenvalue weighted by Gasteiger charge is 2.05. The highest BCUT2D eigenvalue weighted by molar-refractivity contribution is 5.64. The molecule has 100 valence electrons. The predicted molar refractivity (Wildman–Crippen MR) is 76.3 cm³/mol. The van der Waals surface area contributed by atoms with Gasteiger partial charge in [0.05, 0.1) is 0 Å². The van der Waals surface area contributed by atoms with Crippen molar-refractivity contribution in [2.75, 3.05) is 5.32 Å². The summed E-state index contributed by atoms with van der Waals surface area (Å²) < 4.78 is 13.4. The second-order valence-electron chi connectivity index (χ2n) is 4.74. The highest BCUT2D eigenvalue weighted by Crippen LogP contribution is 2.22. The Morgan fingerprint density at radius 2 is 1.95 bits per heavy atom. The number of hydrogen-bond donors (Lipinski definition) is 2. The van der Waals surface area contributed by atoms with E-state index in [2.05, 4.69) is 24.1 Å². The summed E-state index contributed by atoms with van der Waals surface area (Å²) in [5.41, 5.74) is 7.90. The van der Waals surface area contributed by atoms with Gasteiger partial charge in [0.15, 0.2) is 0 Å². The molecular formula is C15H18FN3. The van der Waals surface area contributed by atoms with Gasteiger partial charge in [0.1, 0.15) is 11.6 Å². The molecule has 0 aliphatic rings. The molecule has 1 heterocycles. The Morgan fingerprint density at radius 3 is 2.53 bits per heavy atom.